The molecule has 0 heterocycles. The quantitative estimate of drug-likeness (QED) is 0.566. The first-order valence-electron chi connectivity index (χ1n) is 5.07. The predicted octanol–water partition coefficient (Wildman–Crippen LogP) is 3.04. The summed E-state index contributed by atoms with van der Waals surface area (Å²) in [6, 6.07) is 12.2. The van der Waals surface area contributed by atoms with Crippen molar-refractivity contribution in [3.63, 3.8) is 0 Å². The van der Waals surface area contributed by atoms with Crippen LogP contribution in [0.1, 0.15) is 21.5 Å². The number of hydrogen-bond acceptors (Lipinski definition) is 1. The second-order valence-corrected chi connectivity index (χ2v) is 3.56. The molecule has 0 radical (unpaired) electrons. The molecule has 0 aliphatic rings. The number of halogens is 1. The summed E-state index contributed by atoms with van der Waals surface area (Å²) in [4.78, 5) is 12.0. The first kappa shape index (κ1) is 11.1. The van der Waals surface area contributed by atoms with E-state index >= 15 is 0 Å². The molecule has 17 heavy (non-hydrogen) atoms. The van der Waals surface area contributed by atoms with E-state index in [2.05, 4.69) is 5.92 Å². The summed E-state index contributed by atoms with van der Waals surface area (Å²) in [7, 11) is 0. The maximum Gasteiger partial charge on any atom is 0.193 e. The molecule has 0 aliphatic heterocycles. The fourth-order valence-electron chi connectivity index (χ4n) is 1.49. The third-order valence-corrected chi connectivity index (χ3v) is 2.42. The van der Waals surface area contributed by atoms with Crippen molar-refractivity contribution in [1.29, 1.82) is 0 Å². The highest BCUT2D eigenvalue weighted by Crippen LogP contribution is 2.11. The van der Waals surface area contributed by atoms with Gasteiger partial charge in [0.1, 0.15) is 5.82 Å². The van der Waals surface area contributed by atoms with E-state index in [1.165, 1.54) is 24.3 Å². The molecule has 0 aliphatic carbocycles. The number of rotatable bonds is 2. The Bertz CT molecular complexity index is 574. The molecule has 0 fully saturated rings. The highest BCUT2D eigenvalue weighted by atomic mass is 19.1. The monoisotopic (exact) mass is 224 g/mol. The first-order chi connectivity index (χ1) is 8.20. The minimum absolute atomic E-state index is 0.145. The first-order valence-corrected chi connectivity index (χ1v) is 5.07. The molecule has 0 amide bonds. The van der Waals surface area contributed by atoms with Crippen LogP contribution in [0.4, 0.5) is 4.39 Å². The lowest BCUT2D eigenvalue weighted by molar-refractivity contribution is 0.103. The number of ketones is 1. The van der Waals surface area contributed by atoms with Crippen molar-refractivity contribution in [1.82, 2.24) is 0 Å². The Morgan fingerprint density at radius 2 is 1.41 bits per heavy atom. The average Bonchev–Trinajstić information content (AvgIpc) is 2.39. The van der Waals surface area contributed by atoms with Gasteiger partial charge in [0.25, 0.3) is 0 Å². The van der Waals surface area contributed by atoms with Gasteiger partial charge in [0.2, 0.25) is 0 Å². The minimum atomic E-state index is -0.357. The second kappa shape index (κ2) is 4.63. The van der Waals surface area contributed by atoms with E-state index in [0.717, 1.165) is 5.56 Å². The fourth-order valence-corrected chi connectivity index (χ4v) is 1.49. The largest absolute Gasteiger partial charge is 0.289 e. The standard InChI is InChI=1S/C15H9FO/c1-2-11-3-5-12(6-4-11)15(17)13-7-9-14(16)10-8-13/h1,3-10H. The molecular formula is C15H9FO. The Morgan fingerprint density at radius 1 is 0.941 bits per heavy atom. The molecule has 0 spiro atoms. The number of benzene rings is 2. The van der Waals surface area contributed by atoms with E-state index in [1.54, 1.807) is 24.3 Å². The van der Waals surface area contributed by atoms with Gasteiger partial charge in [0.05, 0.1) is 0 Å². The zero-order valence-electron chi connectivity index (χ0n) is 8.98. The van der Waals surface area contributed by atoms with Gasteiger partial charge in [-0.3, -0.25) is 4.79 Å². The zero-order chi connectivity index (χ0) is 12.3. The molecule has 1 nitrogen and oxygen atoms in total. The Hall–Kier alpha value is -2.40. The molecule has 2 aromatic rings. The van der Waals surface area contributed by atoms with Crippen molar-refractivity contribution in [3.8, 4) is 12.3 Å². The van der Waals surface area contributed by atoms with Gasteiger partial charge in [-0.05, 0) is 48.5 Å². The molecule has 0 bridgehead atoms. The van der Waals surface area contributed by atoms with Crippen molar-refractivity contribution in [2.24, 2.45) is 0 Å². The van der Waals surface area contributed by atoms with E-state index in [-0.39, 0.29) is 11.6 Å². The van der Waals surface area contributed by atoms with Crippen LogP contribution in [-0.4, -0.2) is 5.78 Å². The Labute approximate surface area is 98.9 Å². The van der Waals surface area contributed by atoms with Gasteiger partial charge in [-0.1, -0.05) is 5.92 Å². The molecule has 0 unspecified atom stereocenters. The smallest absolute Gasteiger partial charge is 0.193 e. The van der Waals surface area contributed by atoms with Gasteiger partial charge >= 0.3 is 0 Å². The van der Waals surface area contributed by atoms with Gasteiger partial charge in [-0.15, -0.1) is 6.42 Å². The topological polar surface area (TPSA) is 17.1 Å². The number of hydrogen-bond donors (Lipinski definition) is 0. The summed E-state index contributed by atoms with van der Waals surface area (Å²) in [5, 5.41) is 0. The summed E-state index contributed by atoms with van der Waals surface area (Å²) < 4.78 is 12.7. The Kier molecular flexibility index (Phi) is 3.02. The molecule has 0 N–H and O–H groups in total. The van der Waals surface area contributed by atoms with Crippen LogP contribution in [0.2, 0.25) is 0 Å². The summed E-state index contributed by atoms with van der Waals surface area (Å²) >= 11 is 0. The highest BCUT2D eigenvalue weighted by Gasteiger charge is 2.08. The second-order valence-electron chi connectivity index (χ2n) is 3.56. The molecule has 0 saturated heterocycles. The summed E-state index contributed by atoms with van der Waals surface area (Å²) in [5.74, 6) is 1.98. The van der Waals surface area contributed by atoms with Gasteiger partial charge in [-0.2, -0.15) is 0 Å². The third-order valence-electron chi connectivity index (χ3n) is 2.42. The van der Waals surface area contributed by atoms with Crippen LogP contribution in [0, 0.1) is 18.2 Å². The summed E-state index contributed by atoms with van der Waals surface area (Å²) in [6.45, 7) is 0. The van der Waals surface area contributed by atoms with Crippen LogP contribution in [0.3, 0.4) is 0 Å². The van der Waals surface area contributed by atoms with E-state index in [1.807, 2.05) is 0 Å². The summed E-state index contributed by atoms with van der Waals surface area (Å²) in [6.07, 6.45) is 5.23. The molecule has 2 heteroatoms. The van der Waals surface area contributed by atoms with Gasteiger partial charge in [0.15, 0.2) is 5.78 Å². The zero-order valence-corrected chi connectivity index (χ0v) is 8.98. The highest BCUT2D eigenvalue weighted by molar-refractivity contribution is 6.08. The Morgan fingerprint density at radius 3 is 1.88 bits per heavy atom. The lowest BCUT2D eigenvalue weighted by Crippen LogP contribution is -2.01. The molecule has 2 aromatic carbocycles. The molecular weight excluding hydrogens is 215 g/mol. The van der Waals surface area contributed by atoms with Crippen molar-refractivity contribution in [3.05, 3.63) is 71.0 Å². The average molecular weight is 224 g/mol. The molecule has 0 aromatic heterocycles. The van der Waals surface area contributed by atoms with E-state index in [9.17, 15) is 9.18 Å². The van der Waals surface area contributed by atoms with Crippen molar-refractivity contribution >= 4 is 5.78 Å². The van der Waals surface area contributed by atoms with Crippen LogP contribution < -0.4 is 0 Å². The fraction of sp³-hybridized carbons (Fsp3) is 0. The van der Waals surface area contributed by atoms with E-state index in [4.69, 9.17) is 6.42 Å². The molecule has 0 saturated carbocycles. The lowest BCUT2D eigenvalue weighted by atomic mass is 10.0. The van der Waals surface area contributed by atoms with E-state index in [0.29, 0.717) is 11.1 Å². The molecule has 0 atom stereocenters. The normalized spacial score (nSPS) is 9.65. The van der Waals surface area contributed by atoms with Crippen molar-refractivity contribution in [2.45, 2.75) is 0 Å². The van der Waals surface area contributed by atoms with E-state index < -0.39 is 0 Å². The molecule has 82 valence electrons. The maximum atomic E-state index is 12.7. The predicted molar refractivity (Wildman–Crippen MR) is 64.2 cm³/mol. The van der Waals surface area contributed by atoms with Gasteiger partial charge in [0, 0.05) is 16.7 Å². The van der Waals surface area contributed by atoms with Gasteiger partial charge in [-0.25, -0.2) is 4.39 Å². The minimum Gasteiger partial charge on any atom is -0.289 e. The SMILES string of the molecule is C#Cc1ccc(C(=O)c2ccc(F)cc2)cc1. The third kappa shape index (κ3) is 2.40. The number of carbonyl (C=O) groups is 1. The van der Waals surface area contributed by atoms with Crippen LogP contribution in [-0.2, 0) is 0 Å². The van der Waals surface area contributed by atoms with Crippen LogP contribution in [0.15, 0.2) is 48.5 Å². The number of carbonyl (C=O) groups excluding carboxylic acids is 1. The maximum absolute atomic E-state index is 12.7. The molecule has 2 rings (SSSR count). The Balaban J connectivity index is 2.31. The summed E-state index contributed by atoms with van der Waals surface area (Å²) in [5.41, 5.74) is 1.72. The van der Waals surface area contributed by atoms with Crippen LogP contribution in [0.25, 0.3) is 0 Å². The number of terminal acetylenes is 1. The van der Waals surface area contributed by atoms with Crippen molar-refractivity contribution in [2.75, 3.05) is 0 Å². The lowest BCUT2D eigenvalue weighted by Gasteiger charge is -2.01. The van der Waals surface area contributed by atoms with Gasteiger partial charge < -0.3 is 0 Å². The van der Waals surface area contributed by atoms with Crippen LogP contribution >= 0.6 is 0 Å². The van der Waals surface area contributed by atoms with Crippen molar-refractivity contribution < 1.29 is 9.18 Å². The van der Waals surface area contributed by atoms with Crippen LogP contribution in [0.5, 0.6) is 0 Å².